The predicted molar refractivity (Wildman–Crippen MR) is 84.7 cm³/mol. The van der Waals surface area contributed by atoms with Crippen LogP contribution in [0, 0.1) is 0 Å². The summed E-state index contributed by atoms with van der Waals surface area (Å²) >= 11 is 4.25. The van der Waals surface area contributed by atoms with Crippen LogP contribution in [-0.4, -0.2) is 20.7 Å². The maximum Gasteiger partial charge on any atom is 0.186 e. The van der Waals surface area contributed by atoms with E-state index in [2.05, 4.69) is 32.6 Å². The topological polar surface area (TPSA) is 9.23 Å². The van der Waals surface area contributed by atoms with Crippen LogP contribution < -0.4 is 0 Å². The molecule has 0 heterocycles. The van der Waals surface area contributed by atoms with Crippen molar-refractivity contribution in [3.05, 3.63) is 0 Å². The summed E-state index contributed by atoms with van der Waals surface area (Å²) in [5.74, 6) is 1.02. The SMILES string of the molecule is CCCCCCCCO[Si](C)(C)CCCCS. The molecule has 1 nitrogen and oxygen atoms in total. The van der Waals surface area contributed by atoms with Crippen LogP contribution in [0.15, 0.2) is 0 Å². The Morgan fingerprint density at radius 1 is 0.882 bits per heavy atom. The van der Waals surface area contributed by atoms with Gasteiger partial charge >= 0.3 is 0 Å². The normalized spacial score (nSPS) is 12.0. The van der Waals surface area contributed by atoms with Gasteiger partial charge in [-0.1, -0.05) is 45.4 Å². The molecule has 3 heteroatoms. The van der Waals surface area contributed by atoms with Crippen LogP contribution in [0.1, 0.15) is 58.3 Å². The molecular formula is C14H32OSSi. The van der Waals surface area contributed by atoms with Crippen molar-refractivity contribution in [1.29, 1.82) is 0 Å². The number of thiol groups is 1. The van der Waals surface area contributed by atoms with Crippen molar-refractivity contribution in [2.24, 2.45) is 0 Å². The third kappa shape index (κ3) is 12.8. The standard InChI is InChI=1S/C14H32OSSi/c1-4-5-6-7-8-9-12-15-17(2,3)14-11-10-13-16/h16H,4-14H2,1-3H3. The number of unbranched alkanes of at least 4 members (excludes halogenated alkanes) is 6. The van der Waals surface area contributed by atoms with Crippen LogP contribution in [0.4, 0.5) is 0 Å². The van der Waals surface area contributed by atoms with Gasteiger partial charge in [0.1, 0.15) is 0 Å². The van der Waals surface area contributed by atoms with Gasteiger partial charge in [0.25, 0.3) is 0 Å². The van der Waals surface area contributed by atoms with E-state index in [0.717, 1.165) is 12.4 Å². The zero-order valence-corrected chi connectivity index (χ0v) is 14.0. The molecule has 0 saturated carbocycles. The van der Waals surface area contributed by atoms with E-state index in [4.69, 9.17) is 4.43 Å². The first-order valence-electron chi connectivity index (χ1n) is 7.37. The summed E-state index contributed by atoms with van der Waals surface area (Å²) in [6.07, 6.45) is 10.7. The molecule has 17 heavy (non-hydrogen) atoms. The Labute approximate surface area is 115 Å². The van der Waals surface area contributed by atoms with Crippen molar-refractivity contribution < 1.29 is 4.43 Å². The van der Waals surface area contributed by atoms with Gasteiger partial charge in [-0.2, -0.15) is 12.6 Å². The first kappa shape index (κ1) is 17.5. The highest BCUT2D eigenvalue weighted by Gasteiger charge is 2.20. The van der Waals surface area contributed by atoms with Crippen LogP contribution in [0.25, 0.3) is 0 Å². The Balaban J connectivity index is 3.32. The minimum absolute atomic E-state index is 0.992. The third-order valence-electron chi connectivity index (χ3n) is 3.18. The highest BCUT2D eigenvalue weighted by molar-refractivity contribution is 7.80. The molecule has 0 radical (unpaired) electrons. The second-order valence-electron chi connectivity index (χ2n) is 5.56. The average molecular weight is 277 g/mol. The lowest BCUT2D eigenvalue weighted by Crippen LogP contribution is -2.30. The molecule has 0 amide bonds. The van der Waals surface area contributed by atoms with E-state index in [1.165, 1.54) is 57.4 Å². The van der Waals surface area contributed by atoms with Crippen LogP contribution in [0.2, 0.25) is 19.1 Å². The number of rotatable bonds is 12. The van der Waals surface area contributed by atoms with Gasteiger partial charge in [-0.15, -0.1) is 0 Å². The summed E-state index contributed by atoms with van der Waals surface area (Å²) < 4.78 is 6.10. The number of hydrogen-bond donors (Lipinski definition) is 1. The molecule has 0 aromatic rings. The van der Waals surface area contributed by atoms with Gasteiger partial charge in [0.05, 0.1) is 0 Å². The smallest absolute Gasteiger partial charge is 0.186 e. The van der Waals surface area contributed by atoms with Gasteiger partial charge in [0.15, 0.2) is 8.32 Å². The zero-order chi connectivity index (χ0) is 13.0. The van der Waals surface area contributed by atoms with Gasteiger partial charge in [-0.25, -0.2) is 0 Å². The number of hydrogen-bond acceptors (Lipinski definition) is 2. The minimum Gasteiger partial charge on any atom is -0.417 e. The lowest BCUT2D eigenvalue weighted by atomic mass is 10.1. The van der Waals surface area contributed by atoms with Gasteiger partial charge in [0, 0.05) is 6.61 Å². The molecule has 0 fully saturated rings. The molecule has 0 aromatic heterocycles. The zero-order valence-electron chi connectivity index (χ0n) is 12.1. The highest BCUT2D eigenvalue weighted by atomic mass is 32.1. The molecule has 0 aliphatic carbocycles. The second-order valence-corrected chi connectivity index (χ2v) is 10.3. The van der Waals surface area contributed by atoms with E-state index < -0.39 is 8.32 Å². The Morgan fingerprint density at radius 2 is 1.53 bits per heavy atom. The van der Waals surface area contributed by atoms with Gasteiger partial charge in [-0.3, -0.25) is 0 Å². The van der Waals surface area contributed by atoms with Gasteiger partial charge < -0.3 is 4.43 Å². The molecule has 0 bridgehead atoms. The first-order chi connectivity index (χ1) is 8.12. The monoisotopic (exact) mass is 276 g/mol. The Bertz CT molecular complexity index is 162. The largest absolute Gasteiger partial charge is 0.417 e. The van der Waals surface area contributed by atoms with Crippen LogP contribution in [0.5, 0.6) is 0 Å². The van der Waals surface area contributed by atoms with Crippen LogP contribution in [-0.2, 0) is 4.43 Å². The van der Waals surface area contributed by atoms with E-state index in [9.17, 15) is 0 Å². The van der Waals surface area contributed by atoms with E-state index in [1.807, 2.05) is 0 Å². The van der Waals surface area contributed by atoms with Crippen LogP contribution >= 0.6 is 12.6 Å². The highest BCUT2D eigenvalue weighted by Crippen LogP contribution is 2.16. The molecule has 0 atom stereocenters. The van der Waals surface area contributed by atoms with Gasteiger partial charge in [0.2, 0.25) is 0 Å². The maximum atomic E-state index is 6.10. The fourth-order valence-corrected chi connectivity index (χ4v) is 4.13. The van der Waals surface area contributed by atoms with Crippen molar-refractivity contribution in [3.8, 4) is 0 Å². The molecular weight excluding hydrogens is 244 g/mol. The minimum atomic E-state index is -1.35. The molecule has 0 saturated heterocycles. The van der Waals surface area contributed by atoms with Crippen molar-refractivity contribution in [2.45, 2.75) is 77.4 Å². The van der Waals surface area contributed by atoms with E-state index in [0.29, 0.717) is 0 Å². The molecule has 0 N–H and O–H groups in total. The second kappa shape index (κ2) is 11.6. The predicted octanol–water partition coefficient (Wildman–Crippen LogP) is 5.28. The van der Waals surface area contributed by atoms with Gasteiger partial charge in [-0.05, 0) is 37.7 Å². The first-order valence-corrected chi connectivity index (χ1v) is 11.1. The Hall–Kier alpha value is 0.527. The van der Waals surface area contributed by atoms with Crippen LogP contribution in [0.3, 0.4) is 0 Å². The Kier molecular flexibility index (Phi) is 12.0. The van der Waals surface area contributed by atoms with E-state index in [1.54, 1.807) is 0 Å². The molecule has 0 aliphatic rings. The fourth-order valence-electron chi connectivity index (χ4n) is 1.97. The molecule has 0 aromatic carbocycles. The molecule has 0 rings (SSSR count). The summed E-state index contributed by atoms with van der Waals surface area (Å²) in [4.78, 5) is 0. The summed E-state index contributed by atoms with van der Waals surface area (Å²) in [7, 11) is -1.35. The van der Waals surface area contributed by atoms with Crippen molar-refractivity contribution in [3.63, 3.8) is 0 Å². The Morgan fingerprint density at radius 3 is 2.18 bits per heavy atom. The summed E-state index contributed by atoms with van der Waals surface area (Å²) in [6.45, 7) is 7.96. The molecule has 0 unspecified atom stereocenters. The summed E-state index contributed by atoms with van der Waals surface area (Å²) in [5.41, 5.74) is 0. The molecule has 0 spiro atoms. The summed E-state index contributed by atoms with van der Waals surface area (Å²) in [5, 5.41) is 0. The lowest BCUT2D eigenvalue weighted by molar-refractivity contribution is 0.293. The average Bonchev–Trinajstić information content (AvgIpc) is 2.28. The molecule has 104 valence electrons. The molecule has 0 aliphatic heterocycles. The third-order valence-corrected chi connectivity index (χ3v) is 6.04. The quantitative estimate of drug-likeness (QED) is 0.290. The fraction of sp³-hybridized carbons (Fsp3) is 1.00. The van der Waals surface area contributed by atoms with Crippen molar-refractivity contribution in [1.82, 2.24) is 0 Å². The van der Waals surface area contributed by atoms with Crippen molar-refractivity contribution >= 4 is 20.9 Å². The maximum absolute atomic E-state index is 6.10. The summed E-state index contributed by atoms with van der Waals surface area (Å²) in [6, 6.07) is 1.30. The van der Waals surface area contributed by atoms with E-state index in [-0.39, 0.29) is 0 Å². The van der Waals surface area contributed by atoms with Crippen molar-refractivity contribution in [2.75, 3.05) is 12.4 Å². The van der Waals surface area contributed by atoms with E-state index >= 15 is 0 Å². The lowest BCUT2D eigenvalue weighted by Gasteiger charge is -2.22.